The highest BCUT2D eigenvalue weighted by Crippen LogP contribution is 2.34. The van der Waals surface area contributed by atoms with Gasteiger partial charge in [0.25, 0.3) is 0 Å². The predicted molar refractivity (Wildman–Crippen MR) is 59.1 cm³/mol. The Labute approximate surface area is 89.6 Å². The Bertz CT molecular complexity index is 360. The number of hydrogen-bond donors (Lipinski definition) is 1. The Kier molecular flexibility index (Phi) is 2.25. The smallest absolute Gasteiger partial charge is 0.115 e. The lowest BCUT2D eigenvalue weighted by Crippen LogP contribution is -2.21. The van der Waals surface area contributed by atoms with Gasteiger partial charge in [-0.3, -0.25) is 0 Å². The van der Waals surface area contributed by atoms with Crippen LogP contribution in [0.4, 0.5) is 0 Å². The molecule has 3 nitrogen and oxygen atoms in total. The highest BCUT2D eigenvalue weighted by Gasteiger charge is 2.37. The molecular weight excluding hydrogens is 186 g/mol. The summed E-state index contributed by atoms with van der Waals surface area (Å²) in [5.41, 5.74) is 1.10. The van der Waals surface area contributed by atoms with E-state index in [0.717, 1.165) is 17.6 Å². The van der Waals surface area contributed by atoms with E-state index >= 15 is 0 Å². The van der Waals surface area contributed by atoms with Crippen molar-refractivity contribution in [2.75, 3.05) is 0 Å². The first-order valence-corrected chi connectivity index (χ1v) is 5.61. The Morgan fingerprint density at radius 1 is 1.27 bits per heavy atom. The molecule has 2 aliphatic heterocycles. The van der Waals surface area contributed by atoms with Gasteiger partial charge in [-0.1, -0.05) is 12.2 Å². The summed E-state index contributed by atoms with van der Waals surface area (Å²) >= 11 is 0. The highest BCUT2D eigenvalue weighted by atomic mass is 15.0. The van der Waals surface area contributed by atoms with Crippen LogP contribution >= 0.6 is 0 Å². The van der Waals surface area contributed by atoms with E-state index in [4.69, 9.17) is 0 Å². The molecule has 3 atom stereocenters. The highest BCUT2D eigenvalue weighted by molar-refractivity contribution is 5.46. The van der Waals surface area contributed by atoms with E-state index < -0.39 is 0 Å². The maximum atomic E-state index is 4.00. The Balaban J connectivity index is 1.68. The molecule has 2 aliphatic rings. The van der Waals surface area contributed by atoms with E-state index in [2.05, 4.69) is 27.4 Å². The van der Waals surface area contributed by atoms with Crippen molar-refractivity contribution in [1.29, 1.82) is 0 Å². The fourth-order valence-corrected chi connectivity index (χ4v) is 2.71. The van der Waals surface area contributed by atoms with Crippen molar-refractivity contribution in [3.8, 4) is 0 Å². The molecule has 2 saturated heterocycles. The van der Waals surface area contributed by atoms with Gasteiger partial charge in [-0.05, 0) is 25.2 Å². The van der Waals surface area contributed by atoms with Gasteiger partial charge in [0.1, 0.15) is 6.33 Å². The molecule has 0 amide bonds. The predicted octanol–water partition coefficient (Wildman–Crippen LogP) is 1.63. The zero-order valence-corrected chi connectivity index (χ0v) is 8.63. The second-order valence-electron chi connectivity index (χ2n) is 4.48. The fraction of sp³-hybridized carbons (Fsp3) is 0.500. The van der Waals surface area contributed by atoms with Gasteiger partial charge in [0.15, 0.2) is 0 Å². The summed E-state index contributed by atoms with van der Waals surface area (Å²) < 4.78 is 0. The molecule has 0 saturated carbocycles. The Morgan fingerprint density at radius 3 is 2.80 bits per heavy atom. The third-order valence-electron chi connectivity index (χ3n) is 3.47. The summed E-state index contributed by atoms with van der Waals surface area (Å²) in [4.78, 5) is 8.00. The Morgan fingerprint density at radius 2 is 2.13 bits per heavy atom. The topological polar surface area (TPSA) is 37.8 Å². The number of aromatic nitrogens is 2. The van der Waals surface area contributed by atoms with Crippen LogP contribution in [0, 0.1) is 5.92 Å². The van der Waals surface area contributed by atoms with Crippen LogP contribution in [0.25, 0.3) is 6.08 Å². The summed E-state index contributed by atoms with van der Waals surface area (Å²) in [5, 5.41) is 3.63. The molecule has 3 heterocycles. The largest absolute Gasteiger partial charge is 0.311 e. The lowest BCUT2D eigenvalue weighted by atomic mass is 9.89. The standard InChI is InChI=1S/C12H15N3/c1(9-6-13-8-14-7-9)2-10-5-11-3-4-12(10)15-11/h1-2,6-8,10-12,15H,3-5H2/b2-1-. The zero-order chi connectivity index (χ0) is 10.1. The zero-order valence-electron chi connectivity index (χ0n) is 8.63. The van der Waals surface area contributed by atoms with E-state index in [1.54, 1.807) is 6.33 Å². The molecule has 1 N–H and O–H groups in total. The van der Waals surface area contributed by atoms with Crippen molar-refractivity contribution in [3.05, 3.63) is 30.4 Å². The van der Waals surface area contributed by atoms with Crippen LogP contribution in [0.5, 0.6) is 0 Å². The second kappa shape index (κ2) is 3.74. The summed E-state index contributed by atoms with van der Waals surface area (Å²) in [6.45, 7) is 0. The maximum Gasteiger partial charge on any atom is 0.115 e. The van der Waals surface area contributed by atoms with Crippen LogP contribution in [-0.4, -0.2) is 22.1 Å². The molecule has 3 heteroatoms. The number of hydrogen-bond acceptors (Lipinski definition) is 3. The number of nitrogens with one attached hydrogen (secondary N) is 1. The number of rotatable bonds is 2. The molecule has 78 valence electrons. The average molecular weight is 201 g/mol. The van der Waals surface area contributed by atoms with E-state index in [9.17, 15) is 0 Å². The van der Waals surface area contributed by atoms with Gasteiger partial charge in [0.2, 0.25) is 0 Å². The average Bonchev–Trinajstić information content (AvgIpc) is 2.89. The maximum absolute atomic E-state index is 4.00. The molecule has 1 aromatic heterocycles. The van der Waals surface area contributed by atoms with Crippen molar-refractivity contribution in [2.45, 2.75) is 31.3 Å². The minimum Gasteiger partial charge on any atom is -0.311 e. The van der Waals surface area contributed by atoms with Gasteiger partial charge in [-0.2, -0.15) is 0 Å². The van der Waals surface area contributed by atoms with E-state index in [0.29, 0.717) is 5.92 Å². The lowest BCUT2D eigenvalue weighted by Gasteiger charge is -2.15. The first-order valence-electron chi connectivity index (χ1n) is 5.61. The van der Waals surface area contributed by atoms with Gasteiger partial charge in [-0.15, -0.1) is 0 Å². The van der Waals surface area contributed by atoms with Gasteiger partial charge in [-0.25, -0.2) is 9.97 Å². The molecule has 0 radical (unpaired) electrons. The van der Waals surface area contributed by atoms with Crippen LogP contribution in [0.15, 0.2) is 24.8 Å². The molecule has 3 rings (SSSR count). The monoisotopic (exact) mass is 201 g/mol. The van der Waals surface area contributed by atoms with Gasteiger partial charge in [0.05, 0.1) is 0 Å². The lowest BCUT2D eigenvalue weighted by molar-refractivity contribution is 0.481. The minimum absolute atomic E-state index is 0.712. The van der Waals surface area contributed by atoms with Crippen LogP contribution < -0.4 is 5.32 Å². The molecule has 1 aromatic rings. The van der Waals surface area contributed by atoms with Crippen LogP contribution in [0.1, 0.15) is 24.8 Å². The molecule has 0 aliphatic carbocycles. The van der Waals surface area contributed by atoms with Gasteiger partial charge < -0.3 is 5.32 Å². The molecule has 2 fully saturated rings. The molecule has 3 unspecified atom stereocenters. The van der Waals surface area contributed by atoms with Crippen molar-refractivity contribution >= 4 is 6.08 Å². The van der Waals surface area contributed by atoms with E-state index in [-0.39, 0.29) is 0 Å². The molecule has 15 heavy (non-hydrogen) atoms. The van der Waals surface area contributed by atoms with E-state index in [1.807, 2.05) is 12.4 Å². The first-order chi connectivity index (χ1) is 7.42. The molecule has 0 spiro atoms. The van der Waals surface area contributed by atoms with Crippen LogP contribution in [0.3, 0.4) is 0 Å². The first kappa shape index (κ1) is 9.04. The molecule has 2 bridgehead atoms. The number of fused-ring (bicyclic) bond motifs is 2. The fourth-order valence-electron chi connectivity index (χ4n) is 2.71. The summed E-state index contributed by atoms with van der Waals surface area (Å²) in [5.74, 6) is 0.712. The molecular formula is C12H15N3. The van der Waals surface area contributed by atoms with Crippen molar-refractivity contribution in [3.63, 3.8) is 0 Å². The quantitative estimate of drug-likeness (QED) is 0.790. The summed E-state index contributed by atoms with van der Waals surface area (Å²) in [7, 11) is 0. The van der Waals surface area contributed by atoms with Crippen molar-refractivity contribution in [2.24, 2.45) is 5.92 Å². The van der Waals surface area contributed by atoms with Crippen molar-refractivity contribution < 1.29 is 0 Å². The second-order valence-corrected chi connectivity index (χ2v) is 4.48. The van der Waals surface area contributed by atoms with Crippen molar-refractivity contribution in [1.82, 2.24) is 15.3 Å². The summed E-state index contributed by atoms with van der Waals surface area (Å²) in [6.07, 6.45) is 13.7. The number of nitrogens with zero attached hydrogens (tertiary/aromatic N) is 2. The summed E-state index contributed by atoms with van der Waals surface area (Å²) in [6, 6.07) is 1.49. The van der Waals surface area contributed by atoms with E-state index in [1.165, 1.54) is 19.3 Å². The molecule has 0 aromatic carbocycles. The third-order valence-corrected chi connectivity index (χ3v) is 3.47. The SMILES string of the molecule is C(=C/C1CC2CCC1N2)/c1cncnc1. The van der Waals surface area contributed by atoms with Crippen LogP contribution in [0.2, 0.25) is 0 Å². The van der Waals surface area contributed by atoms with Gasteiger partial charge >= 0.3 is 0 Å². The normalized spacial score (nSPS) is 34.0. The third kappa shape index (κ3) is 1.79. The van der Waals surface area contributed by atoms with Gasteiger partial charge in [0, 0.05) is 30.0 Å². The Hall–Kier alpha value is -1.22. The minimum atomic E-state index is 0.712. The van der Waals surface area contributed by atoms with Crippen LogP contribution in [-0.2, 0) is 0 Å².